The third-order valence-electron chi connectivity index (χ3n) is 4.84. The Kier molecular flexibility index (Phi) is 5.51. The van der Waals surface area contributed by atoms with Crippen LogP contribution in [0.3, 0.4) is 0 Å². The average Bonchev–Trinajstić information content (AvgIpc) is 2.60. The fourth-order valence-electron chi connectivity index (χ4n) is 3.59. The van der Waals surface area contributed by atoms with Gasteiger partial charge in [0.25, 0.3) is 0 Å². The van der Waals surface area contributed by atoms with E-state index in [1.807, 2.05) is 6.07 Å². The maximum atomic E-state index is 11.8. The molecule has 150 valence electrons. The van der Waals surface area contributed by atoms with Gasteiger partial charge in [-0.1, -0.05) is 12.1 Å². The highest BCUT2D eigenvalue weighted by Gasteiger charge is 2.26. The molecule has 1 heterocycles. The summed E-state index contributed by atoms with van der Waals surface area (Å²) in [7, 11) is -3.53. The van der Waals surface area contributed by atoms with Gasteiger partial charge in [0.1, 0.15) is 0 Å². The zero-order valence-electron chi connectivity index (χ0n) is 16.2. The van der Waals surface area contributed by atoms with Crippen molar-refractivity contribution in [1.29, 1.82) is 0 Å². The fraction of sp³-hybridized carbons (Fsp3) is 0.350. The van der Waals surface area contributed by atoms with Crippen LogP contribution in [0.25, 0.3) is 0 Å². The molecular formula is C20H25N3O4S. The topological polar surface area (TPSA) is 89.9 Å². The number of nitrogens with one attached hydrogen (secondary N) is 1. The maximum absolute atomic E-state index is 11.8. The molecule has 2 aromatic carbocycles. The minimum absolute atomic E-state index is 0.0429. The molecule has 0 aromatic heterocycles. The Bertz CT molecular complexity index is 991. The van der Waals surface area contributed by atoms with Crippen LogP contribution in [-0.2, 0) is 10.0 Å². The van der Waals surface area contributed by atoms with E-state index in [0.29, 0.717) is 24.5 Å². The zero-order valence-corrected chi connectivity index (χ0v) is 17.0. The van der Waals surface area contributed by atoms with Crippen LogP contribution in [-0.4, -0.2) is 51.4 Å². The number of sulfonamides is 1. The molecule has 1 aliphatic rings. The second-order valence-electron chi connectivity index (χ2n) is 7.24. The van der Waals surface area contributed by atoms with Gasteiger partial charge in [0.05, 0.1) is 23.2 Å². The van der Waals surface area contributed by atoms with Crippen molar-refractivity contribution in [3.8, 4) is 0 Å². The first-order valence-corrected chi connectivity index (χ1v) is 11.0. The minimum Gasteiger partial charge on any atom is -0.478 e. The predicted octanol–water partition coefficient (Wildman–Crippen LogP) is 2.78. The molecule has 7 nitrogen and oxygen atoms in total. The molecule has 1 saturated heterocycles. The number of benzene rings is 2. The van der Waals surface area contributed by atoms with Crippen molar-refractivity contribution in [1.82, 2.24) is 0 Å². The van der Waals surface area contributed by atoms with Crippen molar-refractivity contribution < 1.29 is 18.3 Å². The number of rotatable bonds is 5. The Balaban J connectivity index is 1.87. The third-order valence-corrected chi connectivity index (χ3v) is 5.43. The van der Waals surface area contributed by atoms with E-state index >= 15 is 0 Å². The third kappa shape index (κ3) is 4.56. The minimum atomic E-state index is -3.53. The summed E-state index contributed by atoms with van der Waals surface area (Å²) < 4.78 is 26.0. The van der Waals surface area contributed by atoms with E-state index in [0.717, 1.165) is 12.8 Å². The highest BCUT2D eigenvalue weighted by molar-refractivity contribution is 7.92. The molecule has 1 aliphatic heterocycles. The number of nitrogens with zero attached hydrogens (tertiary/aromatic N) is 2. The molecule has 0 unspecified atom stereocenters. The van der Waals surface area contributed by atoms with Crippen LogP contribution in [0.5, 0.6) is 0 Å². The summed E-state index contributed by atoms with van der Waals surface area (Å²) in [6.07, 6.45) is 1.06. The van der Waals surface area contributed by atoms with Gasteiger partial charge in [-0.25, -0.2) is 13.2 Å². The SMILES string of the molecule is Cc1cccc(N2CCN(c3ccc(C(=O)O)cc3NS(C)(=O)=O)C[C@@H]2C)c1. The van der Waals surface area contributed by atoms with E-state index in [9.17, 15) is 18.3 Å². The number of carbonyl (C=O) groups is 1. The molecule has 3 rings (SSSR count). The van der Waals surface area contributed by atoms with Crippen LogP contribution in [0, 0.1) is 6.92 Å². The van der Waals surface area contributed by atoms with Crippen LogP contribution >= 0.6 is 0 Å². The number of anilines is 3. The first-order chi connectivity index (χ1) is 13.1. The summed E-state index contributed by atoms with van der Waals surface area (Å²) >= 11 is 0. The molecule has 0 saturated carbocycles. The van der Waals surface area contributed by atoms with Crippen LogP contribution in [0.2, 0.25) is 0 Å². The molecule has 2 aromatic rings. The summed E-state index contributed by atoms with van der Waals surface area (Å²) in [5, 5.41) is 9.24. The normalized spacial score (nSPS) is 17.5. The largest absolute Gasteiger partial charge is 0.478 e. The standard InChI is InChI=1S/C20H25N3O4S/c1-14-5-4-6-17(11-14)23-10-9-22(13-15(23)2)19-8-7-16(20(24)25)12-18(19)21-28(3,26)27/h4-8,11-12,15,21H,9-10,13H2,1-3H3,(H,24,25)/t15-/m0/s1. The molecular weight excluding hydrogens is 378 g/mol. The van der Waals surface area contributed by atoms with Crippen molar-refractivity contribution >= 4 is 33.1 Å². The Morgan fingerprint density at radius 2 is 1.93 bits per heavy atom. The quantitative estimate of drug-likeness (QED) is 0.798. The van der Waals surface area contributed by atoms with Gasteiger partial charge in [0.2, 0.25) is 10.0 Å². The average molecular weight is 404 g/mol. The number of aromatic carboxylic acids is 1. The van der Waals surface area contributed by atoms with Crippen molar-refractivity contribution in [3.63, 3.8) is 0 Å². The molecule has 0 amide bonds. The molecule has 0 spiro atoms. The summed E-state index contributed by atoms with van der Waals surface area (Å²) in [5.74, 6) is -1.10. The first kappa shape index (κ1) is 20.0. The van der Waals surface area contributed by atoms with Crippen molar-refractivity contribution in [2.75, 3.05) is 40.4 Å². The summed E-state index contributed by atoms with van der Waals surface area (Å²) in [4.78, 5) is 15.7. The van der Waals surface area contributed by atoms with Gasteiger partial charge < -0.3 is 14.9 Å². The molecule has 0 radical (unpaired) electrons. The van der Waals surface area contributed by atoms with E-state index < -0.39 is 16.0 Å². The van der Waals surface area contributed by atoms with Crippen LogP contribution in [0.15, 0.2) is 42.5 Å². The molecule has 1 fully saturated rings. The number of piperazine rings is 1. The van der Waals surface area contributed by atoms with Crippen molar-refractivity contribution in [3.05, 3.63) is 53.6 Å². The molecule has 2 N–H and O–H groups in total. The van der Waals surface area contributed by atoms with Gasteiger partial charge in [0.15, 0.2) is 0 Å². The van der Waals surface area contributed by atoms with Gasteiger partial charge in [-0.05, 0) is 49.7 Å². The van der Waals surface area contributed by atoms with Crippen molar-refractivity contribution in [2.45, 2.75) is 19.9 Å². The van der Waals surface area contributed by atoms with E-state index in [-0.39, 0.29) is 11.6 Å². The van der Waals surface area contributed by atoms with Gasteiger partial charge in [-0.15, -0.1) is 0 Å². The second kappa shape index (κ2) is 7.71. The molecule has 0 bridgehead atoms. The Morgan fingerprint density at radius 3 is 2.54 bits per heavy atom. The fourth-order valence-corrected chi connectivity index (χ4v) is 4.16. The highest BCUT2D eigenvalue weighted by atomic mass is 32.2. The summed E-state index contributed by atoms with van der Waals surface area (Å²) in [5.41, 5.74) is 3.39. The number of hydrogen-bond acceptors (Lipinski definition) is 5. The van der Waals surface area contributed by atoms with Crippen LogP contribution < -0.4 is 14.5 Å². The summed E-state index contributed by atoms with van der Waals surface area (Å²) in [6, 6.07) is 13.1. The molecule has 28 heavy (non-hydrogen) atoms. The first-order valence-electron chi connectivity index (χ1n) is 9.07. The lowest BCUT2D eigenvalue weighted by Gasteiger charge is -2.43. The van der Waals surface area contributed by atoms with Gasteiger partial charge in [-0.2, -0.15) is 0 Å². The lowest BCUT2D eigenvalue weighted by Crippen LogP contribution is -2.52. The lowest BCUT2D eigenvalue weighted by molar-refractivity contribution is 0.0697. The maximum Gasteiger partial charge on any atom is 0.335 e. The number of hydrogen-bond donors (Lipinski definition) is 2. The Morgan fingerprint density at radius 1 is 1.18 bits per heavy atom. The second-order valence-corrected chi connectivity index (χ2v) is 8.99. The highest BCUT2D eigenvalue weighted by Crippen LogP contribution is 2.31. The van der Waals surface area contributed by atoms with Gasteiger partial charge in [-0.3, -0.25) is 4.72 Å². The van der Waals surface area contributed by atoms with Crippen molar-refractivity contribution in [2.24, 2.45) is 0 Å². The zero-order chi connectivity index (χ0) is 20.5. The lowest BCUT2D eigenvalue weighted by atomic mass is 10.1. The van der Waals surface area contributed by atoms with E-state index in [1.54, 1.807) is 6.07 Å². The van der Waals surface area contributed by atoms with E-state index in [4.69, 9.17) is 0 Å². The molecule has 1 atom stereocenters. The predicted molar refractivity (Wildman–Crippen MR) is 112 cm³/mol. The Labute approximate surface area is 165 Å². The molecule has 0 aliphatic carbocycles. The van der Waals surface area contributed by atoms with E-state index in [1.165, 1.54) is 23.4 Å². The molecule has 8 heteroatoms. The Hall–Kier alpha value is -2.74. The van der Waals surface area contributed by atoms with Gasteiger partial charge in [0, 0.05) is 31.4 Å². The number of aryl methyl sites for hydroxylation is 1. The van der Waals surface area contributed by atoms with Crippen LogP contribution in [0.1, 0.15) is 22.8 Å². The van der Waals surface area contributed by atoms with E-state index in [2.05, 4.69) is 46.6 Å². The smallest absolute Gasteiger partial charge is 0.335 e. The monoisotopic (exact) mass is 403 g/mol. The van der Waals surface area contributed by atoms with Gasteiger partial charge >= 0.3 is 5.97 Å². The number of carboxylic acids is 1. The number of carboxylic acid groups (broad SMARTS) is 1. The summed E-state index contributed by atoms with van der Waals surface area (Å²) in [6.45, 7) is 6.37. The van der Waals surface area contributed by atoms with Crippen LogP contribution in [0.4, 0.5) is 17.1 Å².